The fourth-order valence-electron chi connectivity index (χ4n) is 2.43. The smallest absolute Gasteiger partial charge is 0.308 e. The van der Waals surface area contributed by atoms with Gasteiger partial charge in [-0.25, -0.2) is 8.78 Å². The quantitative estimate of drug-likeness (QED) is 0.771. The molecule has 98 valence electrons. The number of ether oxygens (including phenoxy) is 1. The van der Waals surface area contributed by atoms with Gasteiger partial charge in [-0.2, -0.15) is 0 Å². The van der Waals surface area contributed by atoms with Crippen LogP contribution in [0.5, 0.6) is 0 Å². The van der Waals surface area contributed by atoms with Crippen LogP contribution in [-0.2, 0) is 9.53 Å². The second kappa shape index (κ2) is 5.04. The highest BCUT2D eigenvalue weighted by atomic mass is 19.2. The van der Waals surface area contributed by atoms with Crippen molar-refractivity contribution >= 4 is 5.97 Å². The van der Waals surface area contributed by atoms with E-state index in [1.54, 1.807) is 6.07 Å². The Morgan fingerprint density at radius 2 is 2.22 bits per heavy atom. The Bertz CT molecular complexity index is 459. The van der Waals surface area contributed by atoms with Crippen molar-refractivity contribution in [2.24, 2.45) is 11.8 Å². The van der Waals surface area contributed by atoms with Crippen LogP contribution < -0.4 is 0 Å². The third-order valence-electron chi connectivity index (χ3n) is 3.60. The van der Waals surface area contributed by atoms with Crippen molar-refractivity contribution in [3.05, 3.63) is 35.4 Å². The molecule has 0 N–H and O–H groups in total. The molecular formula is C14H16F2O2. The highest BCUT2D eigenvalue weighted by Crippen LogP contribution is 2.45. The molecule has 4 heteroatoms. The second-order valence-corrected chi connectivity index (χ2v) is 4.91. The van der Waals surface area contributed by atoms with Crippen LogP contribution >= 0.6 is 0 Å². The second-order valence-electron chi connectivity index (χ2n) is 4.91. The highest BCUT2D eigenvalue weighted by molar-refractivity contribution is 5.75. The number of carbonyl (C=O) groups excluding carboxylic acids is 1. The van der Waals surface area contributed by atoms with Gasteiger partial charge in [0, 0.05) is 0 Å². The van der Waals surface area contributed by atoms with Gasteiger partial charge in [0.25, 0.3) is 0 Å². The number of methoxy groups -OCH3 is 1. The summed E-state index contributed by atoms with van der Waals surface area (Å²) in [6, 6.07) is 4.22. The standard InChI is InChI=1S/C14H16F2O2/c1-8(6-9-7-11(9)14(17)18-2)10-4-3-5-12(15)13(10)16/h3-5,8-9,11H,6-7H2,1-2H3. The molecule has 2 rings (SSSR count). The van der Waals surface area contributed by atoms with Gasteiger partial charge in [0.15, 0.2) is 11.6 Å². The summed E-state index contributed by atoms with van der Waals surface area (Å²) in [6.07, 6.45) is 1.47. The predicted octanol–water partition coefficient (Wildman–Crippen LogP) is 3.27. The number of benzene rings is 1. The van der Waals surface area contributed by atoms with Crippen LogP contribution in [0.4, 0.5) is 8.78 Å². The van der Waals surface area contributed by atoms with Crippen LogP contribution in [0.2, 0.25) is 0 Å². The lowest BCUT2D eigenvalue weighted by Gasteiger charge is -2.12. The van der Waals surface area contributed by atoms with Gasteiger partial charge >= 0.3 is 5.97 Å². The number of esters is 1. The van der Waals surface area contributed by atoms with E-state index in [2.05, 4.69) is 4.74 Å². The Hall–Kier alpha value is -1.45. The van der Waals surface area contributed by atoms with E-state index in [-0.39, 0.29) is 23.7 Å². The number of hydrogen-bond donors (Lipinski definition) is 0. The monoisotopic (exact) mass is 254 g/mol. The predicted molar refractivity (Wildman–Crippen MR) is 63.0 cm³/mol. The van der Waals surface area contributed by atoms with Gasteiger partial charge < -0.3 is 4.74 Å². The molecule has 0 heterocycles. The van der Waals surface area contributed by atoms with Gasteiger partial charge in [0.2, 0.25) is 0 Å². The minimum absolute atomic E-state index is 0.0610. The topological polar surface area (TPSA) is 26.3 Å². The van der Waals surface area contributed by atoms with Gasteiger partial charge in [-0.05, 0) is 36.3 Å². The summed E-state index contributed by atoms with van der Waals surface area (Å²) in [7, 11) is 1.37. The molecule has 1 aliphatic carbocycles. The molecule has 1 aliphatic rings. The summed E-state index contributed by atoms with van der Waals surface area (Å²) in [5.74, 6) is -1.73. The first-order chi connectivity index (χ1) is 8.54. The van der Waals surface area contributed by atoms with Crippen LogP contribution in [0.15, 0.2) is 18.2 Å². The third-order valence-corrected chi connectivity index (χ3v) is 3.60. The Labute approximate surface area is 105 Å². The van der Waals surface area contributed by atoms with Gasteiger partial charge in [0.1, 0.15) is 0 Å². The molecule has 1 fully saturated rings. The van der Waals surface area contributed by atoms with Crippen molar-refractivity contribution in [3.63, 3.8) is 0 Å². The molecule has 0 spiro atoms. The summed E-state index contributed by atoms with van der Waals surface area (Å²) in [5.41, 5.74) is 0.380. The van der Waals surface area contributed by atoms with Crippen molar-refractivity contribution in [2.45, 2.75) is 25.7 Å². The third kappa shape index (κ3) is 2.52. The van der Waals surface area contributed by atoms with E-state index in [1.807, 2.05) is 6.92 Å². The van der Waals surface area contributed by atoms with Gasteiger partial charge in [-0.3, -0.25) is 4.79 Å². The molecule has 1 aromatic rings. The van der Waals surface area contributed by atoms with E-state index in [0.717, 1.165) is 12.5 Å². The molecule has 0 amide bonds. The van der Waals surface area contributed by atoms with E-state index in [4.69, 9.17) is 0 Å². The Morgan fingerprint density at radius 3 is 2.89 bits per heavy atom. The van der Waals surface area contributed by atoms with E-state index in [9.17, 15) is 13.6 Å². The van der Waals surface area contributed by atoms with Crippen molar-refractivity contribution in [3.8, 4) is 0 Å². The van der Waals surface area contributed by atoms with Crippen molar-refractivity contribution in [1.82, 2.24) is 0 Å². The molecule has 0 aliphatic heterocycles. The zero-order valence-electron chi connectivity index (χ0n) is 10.5. The van der Waals surface area contributed by atoms with Crippen molar-refractivity contribution in [1.29, 1.82) is 0 Å². The molecule has 3 atom stereocenters. The average molecular weight is 254 g/mol. The Kier molecular flexibility index (Phi) is 3.64. The maximum atomic E-state index is 13.6. The molecule has 0 aromatic heterocycles. The normalized spacial score (nSPS) is 23.6. The molecule has 1 saturated carbocycles. The van der Waals surface area contributed by atoms with Crippen molar-refractivity contribution in [2.75, 3.05) is 7.11 Å². The van der Waals surface area contributed by atoms with E-state index < -0.39 is 11.6 Å². The summed E-state index contributed by atoms with van der Waals surface area (Å²) < 4.78 is 31.3. The molecule has 2 nitrogen and oxygen atoms in total. The molecule has 0 radical (unpaired) electrons. The minimum Gasteiger partial charge on any atom is -0.469 e. The van der Waals surface area contributed by atoms with Crippen molar-refractivity contribution < 1.29 is 18.3 Å². The highest BCUT2D eigenvalue weighted by Gasteiger charge is 2.44. The largest absolute Gasteiger partial charge is 0.469 e. The summed E-state index contributed by atoms with van der Waals surface area (Å²) >= 11 is 0. The van der Waals surface area contributed by atoms with Gasteiger partial charge in [-0.1, -0.05) is 19.1 Å². The molecular weight excluding hydrogens is 238 g/mol. The molecule has 18 heavy (non-hydrogen) atoms. The molecule has 0 bridgehead atoms. The van der Waals surface area contributed by atoms with Crippen LogP contribution in [0, 0.1) is 23.5 Å². The maximum absolute atomic E-state index is 13.6. The van der Waals surface area contributed by atoms with Crippen LogP contribution in [0.1, 0.15) is 31.2 Å². The van der Waals surface area contributed by atoms with E-state index >= 15 is 0 Å². The van der Waals surface area contributed by atoms with Crippen LogP contribution in [0.3, 0.4) is 0 Å². The number of carbonyl (C=O) groups is 1. The first kappa shape index (κ1) is 13.0. The lowest BCUT2D eigenvalue weighted by Crippen LogP contribution is -2.06. The first-order valence-corrected chi connectivity index (χ1v) is 6.06. The summed E-state index contributed by atoms with van der Waals surface area (Å²) in [6.45, 7) is 1.85. The summed E-state index contributed by atoms with van der Waals surface area (Å²) in [4.78, 5) is 11.3. The fourth-order valence-corrected chi connectivity index (χ4v) is 2.43. The Morgan fingerprint density at radius 1 is 1.50 bits per heavy atom. The average Bonchev–Trinajstić information content (AvgIpc) is 3.10. The summed E-state index contributed by atoms with van der Waals surface area (Å²) in [5, 5.41) is 0. The van der Waals surface area contributed by atoms with Gasteiger partial charge in [-0.15, -0.1) is 0 Å². The zero-order valence-corrected chi connectivity index (χ0v) is 10.5. The molecule has 1 aromatic carbocycles. The minimum atomic E-state index is -0.820. The van der Waals surface area contributed by atoms with E-state index in [1.165, 1.54) is 13.2 Å². The SMILES string of the molecule is COC(=O)C1CC1CC(C)c1cccc(F)c1F. The maximum Gasteiger partial charge on any atom is 0.308 e. The Balaban J connectivity index is 1.99. The first-order valence-electron chi connectivity index (χ1n) is 6.06. The number of rotatable bonds is 4. The lowest BCUT2D eigenvalue weighted by molar-refractivity contribution is -0.142. The fraction of sp³-hybridized carbons (Fsp3) is 0.500. The molecule has 3 unspecified atom stereocenters. The lowest BCUT2D eigenvalue weighted by atomic mass is 9.94. The van der Waals surface area contributed by atoms with E-state index in [0.29, 0.717) is 12.0 Å². The molecule has 0 saturated heterocycles. The van der Waals surface area contributed by atoms with Crippen LogP contribution in [0.25, 0.3) is 0 Å². The number of halogens is 2. The van der Waals surface area contributed by atoms with Crippen LogP contribution in [-0.4, -0.2) is 13.1 Å². The zero-order chi connectivity index (χ0) is 13.3. The van der Waals surface area contributed by atoms with Gasteiger partial charge in [0.05, 0.1) is 13.0 Å². The number of hydrogen-bond acceptors (Lipinski definition) is 2.